The molecule has 0 saturated carbocycles. The standard InChI is InChI=1S/C13H17N3O2.C2H6/c1-7-8(6-10(15)13(17)18)12-9(14)4-3-5-11(12)16(7)2;1-2/h3-5,10H,6,14-15H2,1-2H3,(H,17,18);1-2H3. The van der Waals surface area contributed by atoms with Gasteiger partial charge in [-0.25, -0.2) is 0 Å². The molecule has 0 aliphatic carbocycles. The average Bonchev–Trinajstić information content (AvgIpc) is 2.67. The molecule has 5 nitrogen and oxygen atoms in total. The Kier molecular flexibility index (Phi) is 5.16. The van der Waals surface area contributed by atoms with Gasteiger partial charge in [-0.15, -0.1) is 0 Å². The van der Waals surface area contributed by atoms with Crippen molar-refractivity contribution in [3.63, 3.8) is 0 Å². The number of nitrogen functional groups attached to an aromatic ring is 1. The quantitative estimate of drug-likeness (QED) is 0.748. The summed E-state index contributed by atoms with van der Waals surface area (Å²) in [4.78, 5) is 10.9. The number of benzene rings is 1. The van der Waals surface area contributed by atoms with Crippen molar-refractivity contribution < 1.29 is 9.90 Å². The Morgan fingerprint density at radius 2 is 2.00 bits per heavy atom. The summed E-state index contributed by atoms with van der Waals surface area (Å²) in [6.07, 6.45) is 0.284. The number of aromatic nitrogens is 1. The molecule has 1 atom stereocenters. The van der Waals surface area contributed by atoms with E-state index in [0.717, 1.165) is 22.2 Å². The second kappa shape index (κ2) is 6.43. The lowest BCUT2D eigenvalue weighted by molar-refractivity contribution is -0.138. The summed E-state index contributed by atoms with van der Waals surface area (Å²) in [7, 11) is 1.94. The Morgan fingerprint density at radius 1 is 1.40 bits per heavy atom. The van der Waals surface area contributed by atoms with E-state index in [1.54, 1.807) is 0 Å². The predicted molar refractivity (Wildman–Crippen MR) is 82.7 cm³/mol. The molecule has 0 saturated heterocycles. The van der Waals surface area contributed by atoms with Crippen molar-refractivity contribution in [1.29, 1.82) is 0 Å². The monoisotopic (exact) mass is 277 g/mol. The smallest absolute Gasteiger partial charge is 0.320 e. The van der Waals surface area contributed by atoms with Gasteiger partial charge in [0.1, 0.15) is 6.04 Å². The Morgan fingerprint density at radius 3 is 2.55 bits per heavy atom. The zero-order valence-corrected chi connectivity index (χ0v) is 12.5. The van der Waals surface area contributed by atoms with E-state index < -0.39 is 12.0 Å². The summed E-state index contributed by atoms with van der Waals surface area (Å²) in [6, 6.07) is 4.76. The van der Waals surface area contributed by atoms with Crippen molar-refractivity contribution in [2.75, 3.05) is 5.73 Å². The molecule has 0 spiro atoms. The lowest BCUT2D eigenvalue weighted by Crippen LogP contribution is -2.32. The number of carbonyl (C=O) groups is 1. The van der Waals surface area contributed by atoms with E-state index in [1.165, 1.54) is 0 Å². The van der Waals surface area contributed by atoms with Crippen molar-refractivity contribution in [3.8, 4) is 0 Å². The van der Waals surface area contributed by atoms with Crippen LogP contribution in [-0.4, -0.2) is 21.7 Å². The average molecular weight is 277 g/mol. The van der Waals surface area contributed by atoms with Crippen molar-refractivity contribution in [2.24, 2.45) is 12.8 Å². The van der Waals surface area contributed by atoms with Crippen LogP contribution in [0.4, 0.5) is 5.69 Å². The molecule has 20 heavy (non-hydrogen) atoms. The fourth-order valence-corrected chi connectivity index (χ4v) is 2.29. The molecule has 0 aliphatic rings. The summed E-state index contributed by atoms with van der Waals surface area (Å²) in [5.41, 5.74) is 15.2. The van der Waals surface area contributed by atoms with E-state index in [9.17, 15) is 4.79 Å². The minimum absolute atomic E-state index is 0.284. The zero-order valence-electron chi connectivity index (χ0n) is 12.5. The third-order valence-electron chi connectivity index (χ3n) is 3.42. The first-order valence-corrected chi connectivity index (χ1v) is 6.74. The molecular weight excluding hydrogens is 254 g/mol. The molecular formula is C15H23N3O2. The van der Waals surface area contributed by atoms with E-state index in [0.29, 0.717) is 5.69 Å². The Hall–Kier alpha value is -2.01. The second-order valence-electron chi connectivity index (χ2n) is 4.51. The summed E-state index contributed by atoms with van der Waals surface area (Å²) < 4.78 is 2.01. The molecule has 0 radical (unpaired) electrons. The molecule has 110 valence electrons. The van der Waals surface area contributed by atoms with Gasteiger partial charge in [0.05, 0.1) is 5.52 Å². The molecule has 1 unspecified atom stereocenters. The van der Waals surface area contributed by atoms with Crippen LogP contribution < -0.4 is 11.5 Å². The maximum absolute atomic E-state index is 10.9. The molecule has 1 aromatic carbocycles. The van der Waals surface area contributed by atoms with Gasteiger partial charge in [-0.05, 0) is 24.6 Å². The molecule has 5 heteroatoms. The Bertz CT molecular complexity index is 617. The molecule has 0 aliphatic heterocycles. The van der Waals surface area contributed by atoms with Crippen LogP contribution in [0.3, 0.4) is 0 Å². The number of carboxylic acids is 1. The summed E-state index contributed by atoms with van der Waals surface area (Å²) in [5.74, 6) is -0.999. The first kappa shape index (κ1) is 16.0. The minimum Gasteiger partial charge on any atom is -0.480 e. The normalized spacial score (nSPS) is 11.8. The number of carboxylic acid groups (broad SMARTS) is 1. The van der Waals surface area contributed by atoms with Crippen molar-refractivity contribution in [1.82, 2.24) is 4.57 Å². The van der Waals surface area contributed by atoms with Crippen LogP contribution in [-0.2, 0) is 18.3 Å². The molecule has 0 amide bonds. The highest BCUT2D eigenvalue weighted by Crippen LogP contribution is 2.30. The molecule has 2 rings (SSSR count). The summed E-state index contributed by atoms with van der Waals surface area (Å²) in [5, 5.41) is 9.83. The van der Waals surface area contributed by atoms with Crippen LogP contribution in [0, 0.1) is 6.92 Å². The van der Waals surface area contributed by atoms with Gasteiger partial charge in [0, 0.05) is 30.2 Å². The number of nitrogens with two attached hydrogens (primary N) is 2. The van der Waals surface area contributed by atoms with Gasteiger partial charge in [0.25, 0.3) is 0 Å². The van der Waals surface area contributed by atoms with E-state index in [4.69, 9.17) is 16.6 Å². The molecule has 2 aromatic rings. The van der Waals surface area contributed by atoms with E-state index in [-0.39, 0.29) is 6.42 Å². The zero-order chi connectivity index (χ0) is 15.4. The van der Waals surface area contributed by atoms with Gasteiger partial charge in [0.2, 0.25) is 0 Å². The minimum atomic E-state index is -0.999. The number of anilines is 1. The summed E-state index contributed by atoms with van der Waals surface area (Å²) in [6.45, 7) is 5.95. The molecule has 0 bridgehead atoms. The number of aliphatic carboxylic acids is 1. The SMILES string of the molecule is CC.Cc1c(CC(N)C(=O)O)c2c(N)cccc2n1C. The number of nitrogens with zero attached hydrogens (tertiary/aromatic N) is 1. The third kappa shape index (κ3) is 2.77. The Balaban J connectivity index is 0.000000956. The number of hydrogen-bond acceptors (Lipinski definition) is 3. The van der Waals surface area contributed by atoms with Gasteiger partial charge >= 0.3 is 5.97 Å². The second-order valence-corrected chi connectivity index (χ2v) is 4.51. The number of fused-ring (bicyclic) bond motifs is 1. The summed E-state index contributed by atoms with van der Waals surface area (Å²) >= 11 is 0. The first-order chi connectivity index (χ1) is 9.43. The predicted octanol–water partition coefficient (Wildman–Crippen LogP) is 2.05. The van der Waals surface area contributed by atoms with Crippen LogP contribution in [0.15, 0.2) is 18.2 Å². The van der Waals surface area contributed by atoms with Crippen LogP contribution in [0.5, 0.6) is 0 Å². The number of aryl methyl sites for hydroxylation is 1. The van der Waals surface area contributed by atoms with Crippen LogP contribution in [0.1, 0.15) is 25.1 Å². The van der Waals surface area contributed by atoms with Crippen molar-refractivity contribution >= 4 is 22.6 Å². The van der Waals surface area contributed by atoms with Crippen LogP contribution in [0.25, 0.3) is 10.9 Å². The van der Waals surface area contributed by atoms with Gasteiger partial charge in [-0.1, -0.05) is 19.9 Å². The lowest BCUT2D eigenvalue weighted by Gasteiger charge is -2.07. The molecule has 1 heterocycles. The highest BCUT2D eigenvalue weighted by molar-refractivity contribution is 5.96. The maximum atomic E-state index is 10.9. The van der Waals surface area contributed by atoms with Crippen molar-refractivity contribution in [3.05, 3.63) is 29.5 Å². The maximum Gasteiger partial charge on any atom is 0.320 e. The van der Waals surface area contributed by atoms with E-state index >= 15 is 0 Å². The van der Waals surface area contributed by atoms with Gasteiger partial charge in [-0.2, -0.15) is 0 Å². The molecule has 1 aromatic heterocycles. The van der Waals surface area contributed by atoms with Gasteiger partial charge in [0.15, 0.2) is 0 Å². The molecule has 5 N–H and O–H groups in total. The van der Waals surface area contributed by atoms with Gasteiger partial charge in [-0.3, -0.25) is 4.79 Å². The van der Waals surface area contributed by atoms with Crippen molar-refractivity contribution in [2.45, 2.75) is 33.2 Å². The van der Waals surface area contributed by atoms with Crippen LogP contribution in [0.2, 0.25) is 0 Å². The third-order valence-corrected chi connectivity index (χ3v) is 3.42. The lowest BCUT2D eigenvalue weighted by atomic mass is 10.0. The number of rotatable bonds is 3. The van der Waals surface area contributed by atoms with Gasteiger partial charge < -0.3 is 21.1 Å². The van der Waals surface area contributed by atoms with Crippen LogP contribution >= 0.6 is 0 Å². The fraction of sp³-hybridized carbons (Fsp3) is 0.400. The largest absolute Gasteiger partial charge is 0.480 e. The van der Waals surface area contributed by atoms with E-state index in [1.807, 2.05) is 50.6 Å². The highest BCUT2D eigenvalue weighted by Gasteiger charge is 2.19. The Labute approximate surface area is 119 Å². The highest BCUT2D eigenvalue weighted by atomic mass is 16.4. The van der Waals surface area contributed by atoms with E-state index in [2.05, 4.69) is 0 Å². The topological polar surface area (TPSA) is 94.3 Å². The first-order valence-electron chi connectivity index (χ1n) is 6.74. The number of hydrogen-bond donors (Lipinski definition) is 3. The molecule has 0 fully saturated rings. The fourth-order valence-electron chi connectivity index (χ4n) is 2.29.